The van der Waals surface area contributed by atoms with Gasteiger partial charge in [-0.05, 0) is 43.5 Å². The minimum absolute atomic E-state index is 0.139. The van der Waals surface area contributed by atoms with E-state index < -0.39 is 17.5 Å². The van der Waals surface area contributed by atoms with Crippen molar-refractivity contribution in [2.24, 2.45) is 0 Å². The van der Waals surface area contributed by atoms with Crippen LogP contribution in [0.25, 0.3) is 0 Å². The molecule has 1 aliphatic carbocycles. The van der Waals surface area contributed by atoms with Crippen LogP contribution < -0.4 is 4.90 Å². The van der Waals surface area contributed by atoms with Gasteiger partial charge >= 0.3 is 6.09 Å². The maximum absolute atomic E-state index is 14.0. The van der Waals surface area contributed by atoms with Crippen molar-refractivity contribution < 1.29 is 18.7 Å². The standard InChI is InChI=1S/C16H15FN4O3/c1-21(13-6-5-11(10-22)19-20-13)15(23)24-16(7-3-8-16)14-12(17)4-2-9-18-14/h2,4-6,9-10H,3,7-8H2,1H3. The van der Waals surface area contributed by atoms with Crippen molar-refractivity contribution in [1.82, 2.24) is 15.2 Å². The highest BCUT2D eigenvalue weighted by Gasteiger charge is 2.46. The summed E-state index contributed by atoms with van der Waals surface area (Å²) in [6, 6.07) is 5.70. The summed E-state index contributed by atoms with van der Waals surface area (Å²) in [5.41, 5.74) is -0.751. The molecule has 0 N–H and O–H groups in total. The number of nitrogens with zero attached hydrogens (tertiary/aromatic N) is 4. The molecule has 8 heteroatoms. The number of hydrogen-bond donors (Lipinski definition) is 0. The van der Waals surface area contributed by atoms with Gasteiger partial charge in [0, 0.05) is 13.2 Å². The van der Waals surface area contributed by atoms with Crippen molar-refractivity contribution in [3.63, 3.8) is 0 Å². The first-order chi connectivity index (χ1) is 11.6. The Kier molecular flexibility index (Phi) is 4.20. The molecule has 124 valence electrons. The van der Waals surface area contributed by atoms with Crippen molar-refractivity contribution in [3.8, 4) is 0 Å². The van der Waals surface area contributed by atoms with E-state index in [1.807, 2.05) is 0 Å². The monoisotopic (exact) mass is 330 g/mol. The molecule has 0 saturated heterocycles. The number of ether oxygens (including phenoxy) is 1. The lowest BCUT2D eigenvalue weighted by Gasteiger charge is -2.41. The van der Waals surface area contributed by atoms with Crippen molar-refractivity contribution in [2.45, 2.75) is 24.9 Å². The number of halogens is 1. The molecule has 2 aromatic heterocycles. The number of hydrogen-bond acceptors (Lipinski definition) is 6. The Hall–Kier alpha value is -2.90. The van der Waals surface area contributed by atoms with Gasteiger partial charge in [-0.2, -0.15) is 0 Å². The molecule has 2 heterocycles. The molecule has 0 aromatic carbocycles. The maximum atomic E-state index is 14.0. The first-order valence-corrected chi connectivity index (χ1v) is 7.42. The largest absolute Gasteiger partial charge is 0.436 e. The van der Waals surface area contributed by atoms with E-state index >= 15 is 0 Å². The summed E-state index contributed by atoms with van der Waals surface area (Å²) >= 11 is 0. The van der Waals surface area contributed by atoms with Gasteiger partial charge in [-0.1, -0.05) is 0 Å². The minimum Gasteiger partial charge on any atom is -0.436 e. The Balaban J connectivity index is 1.79. The summed E-state index contributed by atoms with van der Waals surface area (Å²) in [6.07, 6.45) is 3.18. The first-order valence-electron chi connectivity index (χ1n) is 7.42. The van der Waals surface area contributed by atoms with Crippen LogP contribution >= 0.6 is 0 Å². The molecule has 1 amide bonds. The van der Waals surface area contributed by atoms with Gasteiger partial charge in [0.1, 0.15) is 17.2 Å². The SMILES string of the molecule is CN(C(=O)OC1(c2ncccc2F)CCC1)c1ccc(C=O)nn1. The number of aldehydes is 1. The second kappa shape index (κ2) is 6.31. The molecule has 0 aliphatic heterocycles. The van der Waals surface area contributed by atoms with Crippen LogP contribution in [0.3, 0.4) is 0 Å². The van der Waals surface area contributed by atoms with E-state index in [4.69, 9.17) is 4.74 Å². The third-order valence-electron chi connectivity index (χ3n) is 4.04. The molecule has 24 heavy (non-hydrogen) atoms. The Morgan fingerprint density at radius 3 is 2.67 bits per heavy atom. The third-order valence-corrected chi connectivity index (χ3v) is 4.04. The van der Waals surface area contributed by atoms with E-state index in [-0.39, 0.29) is 17.2 Å². The Morgan fingerprint density at radius 2 is 2.12 bits per heavy atom. The van der Waals surface area contributed by atoms with Crippen LogP contribution in [0.15, 0.2) is 30.5 Å². The summed E-state index contributed by atoms with van der Waals surface area (Å²) in [6.45, 7) is 0. The smallest absolute Gasteiger partial charge is 0.416 e. The molecular formula is C16H15FN4O3. The van der Waals surface area contributed by atoms with Gasteiger partial charge in [0.2, 0.25) is 0 Å². The van der Waals surface area contributed by atoms with Crippen LogP contribution in [0.1, 0.15) is 35.4 Å². The number of pyridine rings is 1. The lowest BCUT2D eigenvalue weighted by molar-refractivity contribution is -0.0554. The van der Waals surface area contributed by atoms with E-state index in [1.165, 1.54) is 37.5 Å². The van der Waals surface area contributed by atoms with Crippen LogP contribution in [0.2, 0.25) is 0 Å². The summed E-state index contributed by atoms with van der Waals surface area (Å²) < 4.78 is 19.6. The van der Waals surface area contributed by atoms with Gasteiger partial charge in [-0.3, -0.25) is 14.7 Å². The Morgan fingerprint density at radius 1 is 1.33 bits per heavy atom. The summed E-state index contributed by atoms with van der Waals surface area (Å²) in [5, 5.41) is 7.45. The average molecular weight is 330 g/mol. The second-order valence-corrected chi connectivity index (χ2v) is 5.54. The fourth-order valence-electron chi connectivity index (χ4n) is 2.51. The number of aromatic nitrogens is 3. The highest BCUT2D eigenvalue weighted by Crippen LogP contribution is 2.45. The van der Waals surface area contributed by atoms with Crippen LogP contribution in [0, 0.1) is 5.82 Å². The molecule has 0 atom stereocenters. The maximum Gasteiger partial charge on any atom is 0.416 e. The minimum atomic E-state index is -1.05. The van der Waals surface area contributed by atoms with Gasteiger partial charge in [0.15, 0.2) is 17.7 Å². The lowest BCUT2D eigenvalue weighted by Crippen LogP contribution is -2.44. The molecule has 7 nitrogen and oxygen atoms in total. The third kappa shape index (κ3) is 2.82. The molecule has 0 unspecified atom stereocenters. The van der Waals surface area contributed by atoms with E-state index in [0.29, 0.717) is 19.1 Å². The highest BCUT2D eigenvalue weighted by atomic mass is 19.1. The molecular weight excluding hydrogens is 315 g/mol. The van der Waals surface area contributed by atoms with Crippen molar-refractivity contribution in [3.05, 3.63) is 47.7 Å². The van der Waals surface area contributed by atoms with Gasteiger partial charge < -0.3 is 4.74 Å². The zero-order valence-corrected chi connectivity index (χ0v) is 13.0. The number of carbonyl (C=O) groups is 2. The van der Waals surface area contributed by atoms with E-state index in [2.05, 4.69) is 15.2 Å². The highest BCUT2D eigenvalue weighted by molar-refractivity contribution is 5.86. The Bertz CT molecular complexity index is 762. The van der Waals surface area contributed by atoms with E-state index in [1.54, 1.807) is 0 Å². The topological polar surface area (TPSA) is 85.3 Å². The normalized spacial score (nSPS) is 15.2. The molecule has 0 bridgehead atoms. The number of carbonyl (C=O) groups excluding carboxylic acids is 2. The van der Waals surface area contributed by atoms with Crippen LogP contribution in [-0.2, 0) is 10.3 Å². The van der Waals surface area contributed by atoms with Crippen LogP contribution in [0.4, 0.5) is 15.0 Å². The average Bonchev–Trinajstić information content (AvgIpc) is 2.58. The summed E-state index contributed by atoms with van der Waals surface area (Å²) in [7, 11) is 1.47. The van der Waals surface area contributed by atoms with Gasteiger partial charge in [-0.25, -0.2) is 9.18 Å². The van der Waals surface area contributed by atoms with Gasteiger partial charge in [0.05, 0.1) is 0 Å². The molecule has 3 rings (SSSR count). The quantitative estimate of drug-likeness (QED) is 0.801. The molecule has 1 aliphatic rings. The summed E-state index contributed by atoms with van der Waals surface area (Å²) in [4.78, 5) is 28.2. The van der Waals surface area contributed by atoms with Gasteiger partial charge in [-0.15, -0.1) is 10.2 Å². The van der Waals surface area contributed by atoms with E-state index in [0.717, 1.165) is 11.3 Å². The first kappa shape index (κ1) is 16.0. The van der Waals surface area contributed by atoms with Gasteiger partial charge in [0.25, 0.3) is 0 Å². The lowest BCUT2D eigenvalue weighted by atomic mass is 9.77. The fourth-order valence-corrected chi connectivity index (χ4v) is 2.51. The fraction of sp³-hybridized carbons (Fsp3) is 0.312. The molecule has 1 saturated carbocycles. The predicted molar refractivity (Wildman–Crippen MR) is 82.0 cm³/mol. The zero-order valence-electron chi connectivity index (χ0n) is 13.0. The van der Waals surface area contributed by atoms with Crippen molar-refractivity contribution >= 4 is 18.2 Å². The number of anilines is 1. The van der Waals surface area contributed by atoms with Crippen molar-refractivity contribution in [2.75, 3.05) is 11.9 Å². The molecule has 0 radical (unpaired) electrons. The summed E-state index contributed by atoms with van der Waals surface area (Å²) in [5.74, 6) is -0.274. The van der Waals surface area contributed by atoms with Crippen LogP contribution in [0.5, 0.6) is 0 Å². The number of amides is 1. The van der Waals surface area contributed by atoms with Crippen molar-refractivity contribution in [1.29, 1.82) is 0 Å². The van der Waals surface area contributed by atoms with E-state index in [9.17, 15) is 14.0 Å². The molecule has 1 fully saturated rings. The zero-order chi connectivity index (χ0) is 17.2. The van der Waals surface area contributed by atoms with Crippen LogP contribution in [-0.4, -0.2) is 34.6 Å². The molecule has 2 aromatic rings. The Labute approximate surface area is 137 Å². The number of rotatable bonds is 4. The molecule has 0 spiro atoms. The second-order valence-electron chi connectivity index (χ2n) is 5.54. The predicted octanol–water partition coefficient (Wildman–Crippen LogP) is 2.48.